The normalized spacial score (nSPS) is 10.3. The Morgan fingerprint density at radius 3 is 2.60 bits per heavy atom. The van der Waals surface area contributed by atoms with Gasteiger partial charge in [0.15, 0.2) is 0 Å². The van der Waals surface area contributed by atoms with Gasteiger partial charge in [0.25, 0.3) is 0 Å². The third-order valence-corrected chi connectivity index (χ3v) is 3.32. The molecule has 0 unspecified atom stereocenters. The van der Waals surface area contributed by atoms with Gasteiger partial charge in [-0.15, -0.1) is 0 Å². The smallest absolute Gasteiger partial charge is 0.130 e. The van der Waals surface area contributed by atoms with Crippen LogP contribution in [-0.4, -0.2) is 18.6 Å². The summed E-state index contributed by atoms with van der Waals surface area (Å²) in [5.41, 5.74) is 3.73. The van der Waals surface area contributed by atoms with Gasteiger partial charge in [-0.2, -0.15) is 0 Å². The molecule has 0 saturated heterocycles. The minimum Gasteiger partial charge on any atom is -0.370 e. The fourth-order valence-corrected chi connectivity index (χ4v) is 2.11. The topological polar surface area (TPSA) is 28.2 Å². The summed E-state index contributed by atoms with van der Waals surface area (Å²) in [6.45, 7) is 6.08. The van der Waals surface area contributed by atoms with Gasteiger partial charge in [0.2, 0.25) is 0 Å². The number of aromatic nitrogens is 1. The Morgan fingerprint density at radius 1 is 1.15 bits per heavy atom. The lowest BCUT2D eigenvalue weighted by atomic mass is 10.2. The van der Waals surface area contributed by atoms with Crippen molar-refractivity contribution in [1.82, 2.24) is 4.98 Å². The summed E-state index contributed by atoms with van der Waals surface area (Å²) in [7, 11) is 2.11. The van der Waals surface area contributed by atoms with Crippen LogP contribution < -0.4 is 10.2 Å². The van der Waals surface area contributed by atoms with Crippen LogP contribution in [-0.2, 0) is 6.54 Å². The van der Waals surface area contributed by atoms with Crippen molar-refractivity contribution >= 4 is 11.5 Å². The van der Waals surface area contributed by atoms with Gasteiger partial charge < -0.3 is 10.2 Å². The maximum Gasteiger partial charge on any atom is 0.130 e. The summed E-state index contributed by atoms with van der Waals surface area (Å²) < 4.78 is 0. The zero-order valence-electron chi connectivity index (χ0n) is 12.6. The number of pyridine rings is 1. The van der Waals surface area contributed by atoms with E-state index in [0.29, 0.717) is 0 Å². The maximum atomic E-state index is 4.44. The summed E-state index contributed by atoms with van der Waals surface area (Å²) in [6.07, 6.45) is 2.94. The second-order valence-corrected chi connectivity index (χ2v) is 5.13. The molecule has 1 N–H and O–H groups in total. The Kier molecular flexibility index (Phi) is 4.99. The number of nitrogens with one attached hydrogen (secondary N) is 1. The molecular weight excluding hydrogens is 246 g/mol. The van der Waals surface area contributed by atoms with Gasteiger partial charge in [-0.05, 0) is 31.5 Å². The van der Waals surface area contributed by atoms with Crippen molar-refractivity contribution in [2.24, 2.45) is 0 Å². The highest BCUT2D eigenvalue weighted by molar-refractivity contribution is 5.51. The largest absolute Gasteiger partial charge is 0.370 e. The Balaban J connectivity index is 2.10. The molecule has 3 nitrogen and oxygen atoms in total. The molecule has 1 aromatic carbocycles. The van der Waals surface area contributed by atoms with Gasteiger partial charge in [-0.3, -0.25) is 0 Å². The van der Waals surface area contributed by atoms with E-state index >= 15 is 0 Å². The highest BCUT2D eigenvalue weighted by Crippen LogP contribution is 2.19. The molecule has 0 bridgehead atoms. The van der Waals surface area contributed by atoms with Crippen molar-refractivity contribution in [3.63, 3.8) is 0 Å². The number of nitrogens with zero attached hydrogens (tertiary/aromatic N) is 2. The lowest BCUT2D eigenvalue weighted by molar-refractivity contribution is 0.903. The van der Waals surface area contributed by atoms with E-state index in [1.165, 1.54) is 16.8 Å². The highest BCUT2D eigenvalue weighted by atomic mass is 15.1. The summed E-state index contributed by atoms with van der Waals surface area (Å²) in [5, 5.41) is 3.39. The van der Waals surface area contributed by atoms with E-state index in [0.717, 1.165) is 25.3 Å². The van der Waals surface area contributed by atoms with Gasteiger partial charge in [-0.25, -0.2) is 4.98 Å². The van der Waals surface area contributed by atoms with E-state index in [9.17, 15) is 0 Å². The zero-order valence-corrected chi connectivity index (χ0v) is 12.6. The van der Waals surface area contributed by atoms with E-state index in [-0.39, 0.29) is 0 Å². The van der Waals surface area contributed by atoms with Crippen molar-refractivity contribution in [3.05, 3.63) is 53.7 Å². The minimum atomic E-state index is 0.850. The number of anilines is 2. The molecule has 0 spiro atoms. The highest BCUT2D eigenvalue weighted by Gasteiger charge is 2.07. The Bertz CT molecular complexity index is 534. The SMILES string of the molecule is CCCNc1ncccc1CN(C)c1ccc(C)cc1. The monoisotopic (exact) mass is 269 g/mol. The lowest BCUT2D eigenvalue weighted by Crippen LogP contribution is -2.18. The van der Waals surface area contributed by atoms with E-state index < -0.39 is 0 Å². The van der Waals surface area contributed by atoms with Crippen molar-refractivity contribution in [2.45, 2.75) is 26.8 Å². The molecule has 106 valence electrons. The molecule has 2 rings (SSSR count). The number of benzene rings is 1. The molecule has 0 aliphatic rings. The Labute approximate surface area is 121 Å². The molecule has 20 heavy (non-hydrogen) atoms. The summed E-state index contributed by atoms with van der Waals surface area (Å²) in [6, 6.07) is 12.7. The molecule has 3 heteroatoms. The minimum absolute atomic E-state index is 0.850. The van der Waals surface area contributed by atoms with Crippen molar-refractivity contribution < 1.29 is 0 Å². The zero-order chi connectivity index (χ0) is 14.4. The third kappa shape index (κ3) is 3.73. The van der Waals surface area contributed by atoms with Crippen molar-refractivity contribution in [3.8, 4) is 0 Å². The molecule has 0 atom stereocenters. The number of rotatable bonds is 6. The fourth-order valence-electron chi connectivity index (χ4n) is 2.11. The van der Waals surface area contributed by atoms with E-state index in [4.69, 9.17) is 0 Å². The molecular formula is C17H23N3. The predicted octanol–water partition coefficient (Wildman–Crippen LogP) is 3.85. The fraction of sp³-hybridized carbons (Fsp3) is 0.353. The lowest BCUT2D eigenvalue weighted by Gasteiger charge is -2.21. The molecule has 0 amide bonds. The molecule has 2 aromatic rings. The average Bonchev–Trinajstić information content (AvgIpc) is 2.47. The second kappa shape index (κ2) is 6.94. The molecule has 1 heterocycles. The standard InChI is InChI=1S/C17H23N3/c1-4-11-18-17-15(6-5-12-19-17)13-20(3)16-9-7-14(2)8-10-16/h5-10,12H,4,11,13H2,1-3H3,(H,18,19). The van der Waals surface area contributed by atoms with E-state index in [2.05, 4.69) is 66.4 Å². The van der Waals surface area contributed by atoms with Crippen LogP contribution in [0.15, 0.2) is 42.6 Å². The van der Waals surface area contributed by atoms with Crippen LogP contribution in [0.2, 0.25) is 0 Å². The predicted molar refractivity (Wildman–Crippen MR) is 86.3 cm³/mol. The quantitative estimate of drug-likeness (QED) is 0.863. The third-order valence-electron chi connectivity index (χ3n) is 3.32. The summed E-state index contributed by atoms with van der Waals surface area (Å²) >= 11 is 0. The molecule has 0 aliphatic carbocycles. The number of hydrogen-bond acceptors (Lipinski definition) is 3. The van der Waals surface area contributed by atoms with Crippen LogP contribution in [0.1, 0.15) is 24.5 Å². The van der Waals surface area contributed by atoms with Gasteiger partial charge in [0.05, 0.1) is 0 Å². The van der Waals surface area contributed by atoms with Crippen LogP contribution in [0.4, 0.5) is 11.5 Å². The summed E-state index contributed by atoms with van der Waals surface area (Å²) in [4.78, 5) is 6.68. The molecule has 0 aliphatic heterocycles. The van der Waals surface area contributed by atoms with E-state index in [1.54, 1.807) is 0 Å². The van der Waals surface area contributed by atoms with Crippen LogP contribution >= 0.6 is 0 Å². The first-order valence-corrected chi connectivity index (χ1v) is 7.16. The van der Waals surface area contributed by atoms with E-state index in [1.807, 2.05) is 12.3 Å². The van der Waals surface area contributed by atoms with Gasteiger partial charge in [-0.1, -0.05) is 30.7 Å². The molecule has 0 radical (unpaired) electrons. The van der Waals surface area contributed by atoms with Gasteiger partial charge in [0, 0.05) is 37.6 Å². The molecule has 0 saturated carbocycles. The van der Waals surface area contributed by atoms with Gasteiger partial charge >= 0.3 is 0 Å². The first kappa shape index (κ1) is 14.4. The van der Waals surface area contributed by atoms with Crippen molar-refractivity contribution in [1.29, 1.82) is 0 Å². The second-order valence-electron chi connectivity index (χ2n) is 5.13. The molecule has 0 fully saturated rings. The average molecular weight is 269 g/mol. The maximum absolute atomic E-state index is 4.44. The Morgan fingerprint density at radius 2 is 1.90 bits per heavy atom. The van der Waals surface area contributed by atoms with Crippen LogP contribution in [0, 0.1) is 6.92 Å². The van der Waals surface area contributed by atoms with Gasteiger partial charge in [0.1, 0.15) is 5.82 Å². The van der Waals surface area contributed by atoms with Crippen LogP contribution in [0.25, 0.3) is 0 Å². The first-order valence-electron chi connectivity index (χ1n) is 7.16. The number of aryl methyl sites for hydroxylation is 1. The summed E-state index contributed by atoms with van der Waals surface area (Å²) in [5.74, 6) is 0.994. The van der Waals surface area contributed by atoms with Crippen LogP contribution in [0.5, 0.6) is 0 Å². The molecule has 1 aromatic heterocycles. The van der Waals surface area contributed by atoms with Crippen molar-refractivity contribution in [2.75, 3.05) is 23.8 Å². The Hall–Kier alpha value is -2.03. The number of hydrogen-bond donors (Lipinski definition) is 1. The van der Waals surface area contributed by atoms with Crippen LogP contribution in [0.3, 0.4) is 0 Å². The first-order chi connectivity index (χ1) is 9.70.